The van der Waals surface area contributed by atoms with Crippen LogP contribution in [0.15, 0.2) is 30.6 Å². The number of hydrogen-bond acceptors (Lipinski definition) is 3. The SMILES string of the molecule is CNC(c1ccc2nccnc2c1)C(C)(C)C. The van der Waals surface area contributed by atoms with Crippen LogP contribution >= 0.6 is 0 Å². The molecule has 1 unspecified atom stereocenters. The molecule has 0 saturated carbocycles. The number of nitrogens with one attached hydrogen (secondary N) is 1. The van der Waals surface area contributed by atoms with Gasteiger partial charge in [0.15, 0.2) is 0 Å². The lowest BCUT2D eigenvalue weighted by Gasteiger charge is -2.30. The van der Waals surface area contributed by atoms with Gasteiger partial charge in [-0.3, -0.25) is 9.97 Å². The maximum Gasteiger partial charge on any atom is 0.0890 e. The van der Waals surface area contributed by atoms with Gasteiger partial charge in [-0.15, -0.1) is 0 Å². The van der Waals surface area contributed by atoms with Crippen molar-refractivity contribution in [1.29, 1.82) is 0 Å². The summed E-state index contributed by atoms with van der Waals surface area (Å²) in [6.07, 6.45) is 3.46. The van der Waals surface area contributed by atoms with Crippen LogP contribution in [0.1, 0.15) is 32.4 Å². The first-order chi connectivity index (χ1) is 8.02. The first kappa shape index (κ1) is 12.0. The molecule has 0 amide bonds. The van der Waals surface area contributed by atoms with E-state index in [0.29, 0.717) is 6.04 Å². The molecule has 90 valence electrons. The molecule has 0 aliphatic rings. The van der Waals surface area contributed by atoms with Gasteiger partial charge in [0, 0.05) is 18.4 Å². The van der Waals surface area contributed by atoms with E-state index in [2.05, 4.69) is 48.2 Å². The van der Waals surface area contributed by atoms with E-state index >= 15 is 0 Å². The minimum absolute atomic E-state index is 0.171. The molecule has 0 saturated heterocycles. The molecule has 17 heavy (non-hydrogen) atoms. The van der Waals surface area contributed by atoms with Gasteiger partial charge in [-0.05, 0) is 30.2 Å². The van der Waals surface area contributed by atoms with Crippen LogP contribution in [0.4, 0.5) is 0 Å². The fourth-order valence-corrected chi connectivity index (χ4v) is 2.26. The Labute approximate surface area is 102 Å². The number of fused-ring (bicyclic) bond motifs is 1. The van der Waals surface area contributed by atoms with Crippen molar-refractivity contribution in [2.75, 3.05) is 7.05 Å². The van der Waals surface area contributed by atoms with Gasteiger partial charge < -0.3 is 5.32 Å². The molecule has 1 atom stereocenters. The quantitative estimate of drug-likeness (QED) is 0.860. The molecular formula is C14H19N3. The van der Waals surface area contributed by atoms with Crippen molar-refractivity contribution in [2.24, 2.45) is 5.41 Å². The predicted octanol–water partition coefficient (Wildman–Crippen LogP) is 2.94. The Morgan fingerprint density at radius 2 is 1.71 bits per heavy atom. The summed E-state index contributed by atoms with van der Waals surface area (Å²) in [4.78, 5) is 8.64. The van der Waals surface area contributed by atoms with E-state index in [9.17, 15) is 0 Å². The summed E-state index contributed by atoms with van der Waals surface area (Å²) in [5.74, 6) is 0. The molecule has 1 aromatic heterocycles. The van der Waals surface area contributed by atoms with Crippen molar-refractivity contribution in [1.82, 2.24) is 15.3 Å². The molecule has 2 aromatic rings. The van der Waals surface area contributed by atoms with Crippen molar-refractivity contribution < 1.29 is 0 Å². The summed E-state index contributed by atoms with van der Waals surface area (Å²) in [5, 5.41) is 3.37. The van der Waals surface area contributed by atoms with Crippen LogP contribution < -0.4 is 5.32 Å². The van der Waals surface area contributed by atoms with Crippen molar-refractivity contribution in [3.8, 4) is 0 Å². The van der Waals surface area contributed by atoms with Crippen LogP contribution in [0, 0.1) is 5.41 Å². The van der Waals surface area contributed by atoms with Crippen LogP contribution in [0.25, 0.3) is 11.0 Å². The Bertz CT molecular complexity index is 514. The van der Waals surface area contributed by atoms with Gasteiger partial charge in [0.1, 0.15) is 0 Å². The maximum absolute atomic E-state index is 4.35. The van der Waals surface area contributed by atoms with Gasteiger partial charge in [0.2, 0.25) is 0 Å². The van der Waals surface area contributed by atoms with Crippen molar-refractivity contribution in [3.63, 3.8) is 0 Å². The van der Waals surface area contributed by atoms with E-state index in [1.165, 1.54) is 5.56 Å². The van der Waals surface area contributed by atoms with E-state index in [4.69, 9.17) is 0 Å². The fourth-order valence-electron chi connectivity index (χ4n) is 2.26. The van der Waals surface area contributed by atoms with Crippen LogP contribution in [-0.2, 0) is 0 Å². The smallest absolute Gasteiger partial charge is 0.0890 e. The van der Waals surface area contributed by atoms with E-state index < -0.39 is 0 Å². The highest BCUT2D eigenvalue weighted by Gasteiger charge is 2.24. The molecule has 1 N–H and O–H groups in total. The molecule has 0 radical (unpaired) electrons. The maximum atomic E-state index is 4.35. The van der Waals surface area contributed by atoms with Crippen LogP contribution in [0.3, 0.4) is 0 Å². The monoisotopic (exact) mass is 229 g/mol. The first-order valence-electron chi connectivity index (χ1n) is 5.90. The standard InChI is InChI=1S/C14H19N3/c1-14(2,3)13(15-4)10-5-6-11-12(9-10)17-8-7-16-11/h5-9,13,15H,1-4H3. The van der Waals surface area contributed by atoms with Gasteiger partial charge in [0.25, 0.3) is 0 Å². The largest absolute Gasteiger partial charge is 0.313 e. The normalized spacial score (nSPS) is 13.9. The zero-order chi connectivity index (χ0) is 12.5. The van der Waals surface area contributed by atoms with Gasteiger partial charge in [-0.1, -0.05) is 26.8 Å². The van der Waals surface area contributed by atoms with E-state index in [0.717, 1.165) is 11.0 Å². The Morgan fingerprint density at radius 3 is 2.29 bits per heavy atom. The summed E-state index contributed by atoms with van der Waals surface area (Å²) in [5.41, 5.74) is 3.33. The highest BCUT2D eigenvalue weighted by atomic mass is 14.9. The topological polar surface area (TPSA) is 37.8 Å². The summed E-state index contributed by atoms with van der Waals surface area (Å²) < 4.78 is 0. The van der Waals surface area contributed by atoms with Crippen molar-refractivity contribution in [3.05, 3.63) is 36.2 Å². The number of aromatic nitrogens is 2. The number of nitrogens with zero attached hydrogens (tertiary/aromatic N) is 2. The number of rotatable bonds is 2. The molecule has 0 fully saturated rings. The van der Waals surface area contributed by atoms with Crippen LogP contribution in [0.5, 0.6) is 0 Å². The second-order valence-corrected chi connectivity index (χ2v) is 5.39. The van der Waals surface area contributed by atoms with E-state index in [1.807, 2.05) is 13.1 Å². The van der Waals surface area contributed by atoms with Gasteiger partial charge in [-0.25, -0.2) is 0 Å². The fraction of sp³-hybridized carbons (Fsp3) is 0.429. The van der Waals surface area contributed by atoms with Crippen LogP contribution in [0.2, 0.25) is 0 Å². The lowest BCUT2D eigenvalue weighted by molar-refractivity contribution is 0.287. The molecule has 2 rings (SSSR count). The molecule has 0 bridgehead atoms. The van der Waals surface area contributed by atoms with Gasteiger partial charge in [-0.2, -0.15) is 0 Å². The highest BCUT2D eigenvalue weighted by molar-refractivity contribution is 5.74. The van der Waals surface area contributed by atoms with Crippen molar-refractivity contribution >= 4 is 11.0 Å². The third-order valence-corrected chi connectivity index (χ3v) is 2.98. The summed E-state index contributed by atoms with van der Waals surface area (Å²) in [6, 6.07) is 6.60. The second-order valence-electron chi connectivity index (χ2n) is 5.39. The minimum atomic E-state index is 0.171. The Kier molecular flexibility index (Phi) is 3.11. The average molecular weight is 229 g/mol. The zero-order valence-electron chi connectivity index (χ0n) is 10.9. The first-order valence-corrected chi connectivity index (χ1v) is 5.90. The number of benzene rings is 1. The minimum Gasteiger partial charge on any atom is -0.313 e. The Hall–Kier alpha value is -1.48. The molecule has 1 heterocycles. The molecule has 1 aromatic carbocycles. The third kappa shape index (κ3) is 2.44. The Morgan fingerprint density at radius 1 is 1.06 bits per heavy atom. The van der Waals surface area contributed by atoms with Crippen LogP contribution in [-0.4, -0.2) is 17.0 Å². The molecule has 0 spiro atoms. The summed E-state index contributed by atoms with van der Waals surface area (Å²) >= 11 is 0. The average Bonchev–Trinajstić information content (AvgIpc) is 2.28. The molecule has 0 aliphatic carbocycles. The lowest BCUT2D eigenvalue weighted by Crippen LogP contribution is -2.29. The predicted molar refractivity (Wildman–Crippen MR) is 70.8 cm³/mol. The molecule has 3 heteroatoms. The molecule has 3 nitrogen and oxygen atoms in total. The molecule has 0 aliphatic heterocycles. The molecular weight excluding hydrogens is 210 g/mol. The zero-order valence-corrected chi connectivity index (χ0v) is 10.9. The highest BCUT2D eigenvalue weighted by Crippen LogP contribution is 2.33. The van der Waals surface area contributed by atoms with Crippen molar-refractivity contribution in [2.45, 2.75) is 26.8 Å². The second kappa shape index (κ2) is 4.41. The van der Waals surface area contributed by atoms with Gasteiger partial charge >= 0.3 is 0 Å². The summed E-state index contributed by atoms with van der Waals surface area (Å²) in [6.45, 7) is 6.69. The van der Waals surface area contributed by atoms with E-state index in [-0.39, 0.29) is 5.41 Å². The summed E-state index contributed by atoms with van der Waals surface area (Å²) in [7, 11) is 2.00. The third-order valence-electron chi connectivity index (χ3n) is 2.98. The Balaban J connectivity index is 2.48. The van der Waals surface area contributed by atoms with Gasteiger partial charge in [0.05, 0.1) is 11.0 Å². The number of hydrogen-bond donors (Lipinski definition) is 1. The van der Waals surface area contributed by atoms with E-state index in [1.54, 1.807) is 12.4 Å². The lowest BCUT2D eigenvalue weighted by atomic mass is 9.82.